The number of carbonyl (C=O) groups excluding carboxylic acids is 1. The molecule has 3 rings (SSSR count). The molecule has 0 aromatic heterocycles. The van der Waals surface area contributed by atoms with Gasteiger partial charge >= 0.3 is 6.09 Å². The Hall–Kier alpha value is -2.13. The Morgan fingerprint density at radius 1 is 1.07 bits per heavy atom. The SMILES string of the molecule is Cl.N[C@H]1CS(=O)(=O)C[C@@H](Cc2ccc(NC(=O)OCc3ccccc3)cc2)[C@@H]1O. The van der Waals surface area contributed by atoms with Gasteiger partial charge in [0.15, 0.2) is 9.84 Å². The monoisotopic (exact) mass is 440 g/mol. The molecular formula is C20H25ClN2O5S. The van der Waals surface area contributed by atoms with Crippen molar-refractivity contribution in [2.45, 2.75) is 25.2 Å². The number of nitrogens with two attached hydrogens (primary N) is 1. The van der Waals surface area contributed by atoms with Crippen molar-refractivity contribution in [3.8, 4) is 0 Å². The number of sulfone groups is 1. The number of aliphatic hydroxyl groups excluding tert-OH is 1. The summed E-state index contributed by atoms with van der Waals surface area (Å²) in [5, 5.41) is 12.8. The third-order valence-electron chi connectivity index (χ3n) is 4.75. The highest BCUT2D eigenvalue weighted by Gasteiger charge is 2.37. The summed E-state index contributed by atoms with van der Waals surface area (Å²) in [4.78, 5) is 11.9. The number of hydrogen-bond donors (Lipinski definition) is 3. The summed E-state index contributed by atoms with van der Waals surface area (Å²) in [7, 11) is -3.25. The maximum Gasteiger partial charge on any atom is 0.411 e. The molecule has 3 atom stereocenters. The minimum Gasteiger partial charge on any atom is -0.444 e. The molecule has 2 aromatic rings. The summed E-state index contributed by atoms with van der Waals surface area (Å²) in [6.07, 6.45) is -1.02. The Labute approximate surface area is 176 Å². The molecule has 0 saturated carbocycles. The van der Waals surface area contributed by atoms with Crippen LogP contribution in [0.2, 0.25) is 0 Å². The number of benzene rings is 2. The average molecular weight is 441 g/mol. The number of carbonyl (C=O) groups is 1. The second-order valence-corrected chi connectivity index (χ2v) is 9.23. The first-order chi connectivity index (χ1) is 13.3. The van der Waals surface area contributed by atoms with Crippen LogP contribution in [0.4, 0.5) is 10.5 Å². The molecule has 0 aliphatic carbocycles. The molecule has 0 unspecified atom stereocenters. The zero-order chi connectivity index (χ0) is 20.1. The lowest BCUT2D eigenvalue weighted by Crippen LogP contribution is -2.52. The third kappa shape index (κ3) is 6.71. The fourth-order valence-corrected chi connectivity index (χ4v) is 5.20. The Morgan fingerprint density at radius 3 is 2.38 bits per heavy atom. The molecule has 1 aliphatic heterocycles. The van der Waals surface area contributed by atoms with Gasteiger partial charge in [-0.05, 0) is 29.7 Å². The minimum absolute atomic E-state index is 0. The first-order valence-corrected chi connectivity index (χ1v) is 10.9. The summed E-state index contributed by atoms with van der Waals surface area (Å²) >= 11 is 0. The molecule has 7 nitrogen and oxygen atoms in total. The highest BCUT2D eigenvalue weighted by atomic mass is 35.5. The average Bonchev–Trinajstić information content (AvgIpc) is 2.66. The van der Waals surface area contributed by atoms with E-state index in [1.54, 1.807) is 24.3 Å². The molecule has 9 heteroatoms. The number of halogens is 1. The molecule has 1 heterocycles. The molecule has 2 aromatic carbocycles. The van der Waals surface area contributed by atoms with Crippen LogP contribution in [0.1, 0.15) is 11.1 Å². The van der Waals surface area contributed by atoms with Gasteiger partial charge in [0.2, 0.25) is 0 Å². The van der Waals surface area contributed by atoms with Crippen LogP contribution in [-0.2, 0) is 27.6 Å². The van der Waals surface area contributed by atoms with E-state index in [0.717, 1.165) is 11.1 Å². The largest absolute Gasteiger partial charge is 0.444 e. The highest BCUT2D eigenvalue weighted by Crippen LogP contribution is 2.23. The summed E-state index contributed by atoms with van der Waals surface area (Å²) in [5.74, 6) is -0.699. The van der Waals surface area contributed by atoms with Gasteiger partial charge in [-0.3, -0.25) is 5.32 Å². The number of amides is 1. The van der Waals surface area contributed by atoms with Crippen LogP contribution in [0.25, 0.3) is 0 Å². The molecule has 29 heavy (non-hydrogen) atoms. The summed E-state index contributed by atoms with van der Waals surface area (Å²) in [6.45, 7) is 0.180. The fourth-order valence-electron chi connectivity index (χ4n) is 3.32. The first-order valence-electron chi connectivity index (χ1n) is 9.03. The Morgan fingerprint density at radius 2 is 1.72 bits per heavy atom. The minimum atomic E-state index is -3.25. The lowest BCUT2D eigenvalue weighted by molar-refractivity contribution is 0.0923. The van der Waals surface area contributed by atoms with Gasteiger partial charge in [-0.15, -0.1) is 12.4 Å². The highest BCUT2D eigenvalue weighted by molar-refractivity contribution is 7.91. The van der Waals surface area contributed by atoms with Crippen molar-refractivity contribution >= 4 is 34.0 Å². The second-order valence-electron chi connectivity index (χ2n) is 7.08. The molecule has 0 bridgehead atoms. The van der Waals surface area contributed by atoms with Gasteiger partial charge in [-0.2, -0.15) is 0 Å². The van der Waals surface area contributed by atoms with Crippen molar-refractivity contribution in [3.05, 3.63) is 65.7 Å². The van der Waals surface area contributed by atoms with E-state index in [1.807, 2.05) is 30.3 Å². The van der Waals surface area contributed by atoms with Crippen molar-refractivity contribution in [2.24, 2.45) is 11.7 Å². The number of hydrogen-bond acceptors (Lipinski definition) is 6. The first kappa shape index (κ1) is 23.2. The Kier molecular flexibility index (Phi) is 8.04. The predicted octanol–water partition coefficient (Wildman–Crippen LogP) is 2.13. The predicted molar refractivity (Wildman–Crippen MR) is 114 cm³/mol. The van der Waals surface area contributed by atoms with E-state index in [0.29, 0.717) is 12.1 Å². The van der Waals surface area contributed by atoms with Crippen molar-refractivity contribution in [2.75, 3.05) is 16.8 Å². The van der Waals surface area contributed by atoms with Crippen LogP contribution in [0.5, 0.6) is 0 Å². The lowest BCUT2D eigenvalue weighted by Gasteiger charge is -2.32. The van der Waals surface area contributed by atoms with Gasteiger partial charge < -0.3 is 15.6 Å². The Balaban J connectivity index is 0.00000300. The van der Waals surface area contributed by atoms with E-state index in [4.69, 9.17) is 10.5 Å². The number of ether oxygens (including phenoxy) is 1. The molecule has 4 N–H and O–H groups in total. The van der Waals surface area contributed by atoms with E-state index in [-0.39, 0.29) is 30.5 Å². The van der Waals surface area contributed by atoms with Crippen LogP contribution in [-0.4, -0.2) is 43.3 Å². The topological polar surface area (TPSA) is 119 Å². The van der Waals surface area contributed by atoms with Gasteiger partial charge in [0.25, 0.3) is 0 Å². The smallest absolute Gasteiger partial charge is 0.411 e. The molecule has 1 saturated heterocycles. The molecule has 0 spiro atoms. The van der Waals surface area contributed by atoms with Crippen molar-refractivity contribution in [3.63, 3.8) is 0 Å². The molecule has 158 valence electrons. The van der Waals surface area contributed by atoms with Crippen LogP contribution < -0.4 is 11.1 Å². The van der Waals surface area contributed by atoms with Crippen LogP contribution >= 0.6 is 12.4 Å². The van der Waals surface area contributed by atoms with Crippen molar-refractivity contribution < 1.29 is 23.1 Å². The van der Waals surface area contributed by atoms with Crippen molar-refractivity contribution in [1.29, 1.82) is 0 Å². The maximum absolute atomic E-state index is 11.9. The van der Waals surface area contributed by atoms with E-state index >= 15 is 0 Å². The number of nitrogens with one attached hydrogen (secondary N) is 1. The number of anilines is 1. The standard InChI is InChI=1S/C20H24N2O5S.ClH/c21-18-13-28(25,26)12-16(19(18)23)10-14-6-8-17(9-7-14)22-20(24)27-11-15-4-2-1-3-5-15;/h1-9,16,18-19,23H,10-13,21H2,(H,22,24);1H/t16-,18+,19+;/m1./s1. The van der Waals surface area contributed by atoms with Gasteiger partial charge in [0, 0.05) is 17.6 Å². The van der Waals surface area contributed by atoms with Crippen LogP contribution in [0.15, 0.2) is 54.6 Å². The van der Waals surface area contributed by atoms with Gasteiger partial charge in [-0.25, -0.2) is 13.2 Å². The van der Waals surface area contributed by atoms with E-state index in [2.05, 4.69) is 5.32 Å². The van der Waals surface area contributed by atoms with Crippen LogP contribution in [0, 0.1) is 5.92 Å². The normalized spacial score (nSPS) is 22.9. The molecule has 1 fully saturated rings. The summed E-state index contributed by atoms with van der Waals surface area (Å²) in [5.41, 5.74) is 8.08. The maximum atomic E-state index is 11.9. The molecule has 1 aliphatic rings. The zero-order valence-electron chi connectivity index (χ0n) is 15.7. The quantitative estimate of drug-likeness (QED) is 0.655. The lowest BCUT2D eigenvalue weighted by atomic mass is 9.91. The van der Waals surface area contributed by atoms with Crippen molar-refractivity contribution in [1.82, 2.24) is 0 Å². The number of aliphatic hydroxyl groups is 1. The number of rotatable bonds is 5. The second kappa shape index (κ2) is 10.1. The zero-order valence-corrected chi connectivity index (χ0v) is 17.4. The van der Waals surface area contributed by atoms with Gasteiger partial charge in [0.1, 0.15) is 6.61 Å². The van der Waals surface area contributed by atoms with E-state index in [1.165, 1.54) is 0 Å². The van der Waals surface area contributed by atoms with Crippen LogP contribution in [0.3, 0.4) is 0 Å². The molecular weight excluding hydrogens is 416 g/mol. The third-order valence-corrected chi connectivity index (χ3v) is 6.58. The molecule has 0 radical (unpaired) electrons. The van der Waals surface area contributed by atoms with Gasteiger partial charge in [0.05, 0.1) is 17.6 Å². The molecule has 1 amide bonds. The summed E-state index contributed by atoms with van der Waals surface area (Å²) in [6, 6.07) is 15.6. The van der Waals surface area contributed by atoms with E-state index in [9.17, 15) is 18.3 Å². The van der Waals surface area contributed by atoms with Gasteiger partial charge in [-0.1, -0.05) is 42.5 Å². The summed E-state index contributed by atoms with van der Waals surface area (Å²) < 4.78 is 29.0. The Bertz CT molecular complexity index is 906. The fraction of sp³-hybridized carbons (Fsp3) is 0.350. The van der Waals surface area contributed by atoms with E-state index < -0.39 is 34.0 Å².